The van der Waals surface area contributed by atoms with Crippen LogP contribution in [0.3, 0.4) is 0 Å². The molecule has 0 aliphatic carbocycles. The monoisotopic (exact) mass is 493 g/mol. The minimum atomic E-state index is -0.918. The maximum Gasteiger partial charge on any atom is 0.332 e. The molecule has 0 amide bonds. The number of aliphatic carboxylic acids is 1. The summed E-state index contributed by atoms with van der Waals surface area (Å²) >= 11 is 0. The molecule has 0 radical (unpaired) electrons. The van der Waals surface area contributed by atoms with E-state index in [0.29, 0.717) is 32.7 Å². The number of carbonyl (C=O) groups is 1. The van der Waals surface area contributed by atoms with Crippen LogP contribution in [0.15, 0.2) is 36.5 Å². The van der Waals surface area contributed by atoms with E-state index >= 15 is 0 Å². The van der Waals surface area contributed by atoms with Crippen molar-refractivity contribution in [1.82, 2.24) is 14.8 Å². The molecule has 188 valence electrons. The smallest absolute Gasteiger partial charge is 0.332 e. The van der Waals surface area contributed by atoms with Crippen LogP contribution in [0.4, 0.5) is 4.39 Å². The minimum absolute atomic E-state index is 0.0323. The Morgan fingerprint density at radius 2 is 2.00 bits per heavy atom. The normalized spacial score (nSPS) is 21.3. The molecule has 6 rings (SSSR count). The van der Waals surface area contributed by atoms with E-state index in [2.05, 4.69) is 26.9 Å². The molecule has 2 atom stereocenters. The maximum absolute atomic E-state index is 14.4. The Labute approximate surface area is 206 Å². The van der Waals surface area contributed by atoms with Crippen LogP contribution in [0.5, 0.6) is 5.75 Å². The Morgan fingerprint density at radius 1 is 1.17 bits per heavy atom. The Hall–Kier alpha value is -3.43. The average molecular weight is 494 g/mol. The number of benzene rings is 2. The highest BCUT2D eigenvalue weighted by atomic mass is 19.1. The number of rotatable bonds is 5. The fraction of sp³-hybridized carbons (Fsp3) is 0.407. The molecule has 2 N–H and O–H groups in total. The SMILES string of the molecule is COc1cc(-n2c(C3CCOCC3)c([C@@H]3CCC(C(=O)O)OC3)c3cc4[nH]ncc4cc32)ccc1F. The number of carboxylic acids is 1. The first-order chi connectivity index (χ1) is 17.5. The number of fused-ring (bicyclic) bond motifs is 2. The summed E-state index contributed by atoms with van der Waals surface area (Å²) in [7, 11) is 1.47. The van der Waals surface area contributed by atoms with Crippen molar-refractivity contribution in [3.8, 4) is 11.4 Å². The van der Waals surface area contributed by atoms with Gasteiger partial charge in [0.1, 0.15) is 0 Å². The molecule has 4 aromatic rings. The lowest BCUT2D eigenvalue weighted by Gasteiger charge is -2.31. The number of halogens is 1. The molecule has 9 heteroatoms. The van der Waals surface area contributed by atoms with Crippen molar-refractivity contribution >= 4 is 27.8 Å². The van der Waals surface area contributed by atoms with Crippen molar-refractivity contribution in [3.63, 3.8) is 0 Å². The fourth-order valence-electron chi connectivity index (χ4n) is 5.81. The fourth-order valence-corrected chi connectivity index (χ4v) is 5.81. The number of nitrogens with zero attached hydrogens (tertiary/aromatic N) is 2. The highest BCUT2D eigenvalue weighted by molar-refractivity contribution is 5.99. The van der Waals surface area contributed by atoms with Gasteiger partial charge in [0.05, 0.1) is 30.9 Å². The first-order valence-corrected chi connectivity index (χ1v) is 12.3. The highest BCUT2D eigenvalue weighted by Crippen LogP contribution is 2.45. The predicted octanol–water partition coefficient (Wildman–Crippen LogP) is 4.90. The van der Waals surface area contributed by atoms with Gasteiger partial charge in [-0.2, -0.15) is 5.10 Å². The number of aromatic nitrogens is 3. The van der Waals surface area contributed by atoms with Gasteiger partial charge in [0.25, 0.3) is 0 Å². The van der Waals surface area contributed by atoms with Gasteiger partial charge in [-0.25, -0.2) is 9.18 Å². The highest BCUT2D eigenvalue weighted by Gasteiger charge is 2.35. The lowest BCUT2D eigenvalue weighted by atomic mass is 9.84. The molecule has 8 nitrogen and oxygen atoms in total. The number of nitrogens with one attached hydrogen (secondary N) is 1. The van der Waals surface area contributed by atoms with Crippen molar-refractivity contribution in [1.29, 1.82) is 0 Å². The van der Waals surface area contributed by atoms with Crippen LogP contribution >= 0.6 is 0 Å². The van der Waals surface area contributed by atoms with E-state index in [4.69, 9.17) is 14.2 Å². The molecule has 0 bridgehead atoms. The zero-order valence-corrected chi connectivity index (χ0v) is 20.0. The molecule has 0 spiro atoms. The van der Waals surface area contributed by atoms with Crippen molar-refractivity contribution < 1.29 is 28.5 Å². The standard InChI is InChI=1S/C27H28FN3O5/c1-34-24-11-18(3-4-20(24)28)31-22-10-17-13-29-30-21(17)12-19(22)25(26(31)15-6-8-35-9-7-15)16-2-5-23(27(32)33)36-14-16/h3-4,10-13,15-16,23H,2,5-9,14H2,1H3,(H,29,30)(H,32,33)/t16-,23?/m1/s1. The number of carboxylic acid groups (broad SMARTS) is 1. The Morgan fingerprint density at radius 3 is 2.72 bits per heavy atom. The van der Waals surface area contributed by atoms with Crippen LogP contribution in [0.2, 0.25) is 0 Å². The van der Waals surface area contributed by atoms with E-state index in [1.54, 1.807) is 18.3 Å². The second-order valence-electron chi connectivity index (χ2n) is 9.60. The molecular formula is C27H28FN3O5. The van der Waals surface area contributed by atoms with E-state index < -0.39 is 17.9 Å². The number of hydrogen-bond donors (Lipinski definition) is 2. The summed E-state index contributed by atoms with van der Waals surface area (Å²) in [5.74, 6) is -0.888. The molecule has 4 heterocycles. The summed E-state index contributed by atoms with van der Waals surface area (Å²) in [5, 5.41) is 18.8. The number of hydrogen-bond acceptors (Lipinski definition) is 5. The van der Waals surface area contributed by atoms with Gasteiger partial charge >= 0.3 is 5.97 Å². The lowest BCUT2D eigenvalue weighted by Crippen LogP contribution is -2.31. The molecule has 2 aromatic heterocycles. The van der Waals surface area contributed by atoms with Crippen LogP contribution < -0.4 is 4.74 Å². The van der Waals surface area contributed by atoms with Crippen molar-refractivity contribution in [3.05, 3.63) is 53.6 Å². The van der Waals surface area contributed by atoms with E-state index in [1.165, 1.54) is 18.7 Å². The quantitative estimate of drug-likeness (QED) is 0.411. The zero-order valence-electron chi connectivity index (χ0n) is 20.0. The van der Waals surface area contributed by atoms with E-state index in [1.807, 2.05) is 0 Å². The van der Waals surface area contributed by atoms with Gasteiger partial charge < -0.3 is 23.9 Å². The summed E-state index contributed by atoms with van der Waals surface area (Å²) < 4.78 is 33.4. The van der Waals surface area contributed by atoms with Gasteiger partial charge in [-0.1, -0.05) is 0 Å². The third-order valence-electron chi connectivity index (χ3n) is 7.56. The number of ether oxygens (including phenoxy) is 3. The van der Waals surface area contributed by atoms with E-state index in [9.17, 15) is 14.3 Å². The van der Waals surface area contributed by atoms with Gasteiger partial charge in [-0.05, 0) is 55.5 Å². The Bertz CT molecular complexity index is 1430. The lowest BCUT2D eigenvalue weighted by molar-refractivity contribution is -0.153. The van der Waals surface area contributed by atoms with Gasteiger partial charge in [0.15, 0.2) is 17.7 Å². The average Bonchev–Trinajstić information content (AvgIpc) is 3.50. The number of H-pyrrole nitrogens is 1. The van der Waals surface area contributed by atoms with E-state index in [-0.39, 0.29) is 17.6 Å². The first-order valence-electron chi connectivity index (χ1n) is 12.3. The van der Waals surface area contributed by atoms with E-state index in [0.717, 1.165) is 46.0 Å². The Kier molecular flexibility index (Phi) is 5.89. The minimum Gasteiger partial charge on any atom is -0.494 e. The molecule has 36 heavy (non-hydrogen) atoms. The number of methoxy groups -OCH3 is 1. The van der Waals surface area contributed by atoms with Crippen LogP contribution in [0.25, 0.3) is 27.5 Å². The van der Waals surface area contributed by atoms with Gasteiger partial charge in [-0.15, -0.1) is 0 Å². The summed E-state index contributed by atoms with van der Waals surface area (Å²) in [6.07, 6.45) is 3.92. The van der Waals surface area contributed by atoms with Gasteiger partial charge in [0.2, 0.25) is 0 Å². The molecule has 2 fully saturated rings. The number of aromatic amines is 1. The third-order valence-corrected chi connectivity index (χ3v) is 7.56. The molecule has 1 unspecified atom stereocenters. The molecule has 2 aliphatic rings. The zero-order chi connectivity index (χ0) is 24.8. The van der Waals surface area contributed by atoms with Crippen LogP contribution in [-0.2, 0) is 14.3 Å². The van der Waals surface area contributed by atoms with Crippen molar-refractivity contribution in [2.75, 3.05) is 26.9 Å². The molecular weight excluding hydrogens is 465 g/mol. The van der Waals surface area contributed by atoms with Gasteiger partial charge in [-0.3, -0.25) is 5.10 Å². The van der Waals surface area contributed by atoms with Crippen molar-refractivity contribution in [2.45, 2.75) is 43.6 Å². The summed E-state index contributed by atoms with van der Waals surface area (Å²) in [5.41, 5.74) is 5.06. The largest absolute Gasteiger partial charge is 0.494 e. The first kappa shape index (κ1) is 23.0. The Balaban J connectivity index is 1.62. The predicted molar refractivity (Wildman–Crippen MR) is 132 cm³/mol. The van der Waals surface area contributed by atoms with Crippen LogP contribution in [0.1, 0.15) is 48.8 Å². The van der Waals surface area contributed by atoms with Crippen LogP contribution in [0, 0.1) is 5.82 Å². The van der Waals surface area contributed by atoms with Crippen molar-refractivity contribution in [2.24, 2.45) is 0 Å². The molecule has 2 aliphatic heterocycles. The second kappa shape index (κ2) is 9.22. The summed E-state index contributed by atoms with van der Waals surface area (Å²) in [6, 6.07) is 9.18. The molecule has 0 saturated carbocycles. The topological polar surface area (TPSA) is 98.6 Å². The van der Waals surface area contributed by atoms with Gasteiger partial charge in [0, 0.05) is 53.3 Å². The summed E-state index contributed by atoms with van der Waals surface area (Å²) in [6.45, 7) is 1.68. The second-order valence-corrected chi connectivity index (χ2v) is 9.60. The van der Waals surface area contributed by atoms with Crippen LogP contribution in [-0.4, -0.2) is 58.9 Å². The summed E-state index contributed by atoms with van der Waals surface area (Å²) in [4.78, 5) is 11.5. The third kappa shape index (κ3) is 3.83. The molecule has 2 aromatic carbocycles. The maximum atomic E-state index is 14.4. The molecule has 2 saturated heterocycles.